The van der Waals surface area contributed by atoms with E-state index >= 15 is 0 Å². The van der Waals surface area contributed by atoms with Crippen molar-refractivity contribution >= 4 is 34.2 Å². The number of rotatable bonds is 5. The van der Waals surface area contributed by atoms with Crippen LogP contribution in [0, 0.1) is 17.8 Å². The Balaban J connectivity index is 1.24. The van der Waals surface area contributed by atoms with E-state index < -0.39 is 41.5 Å². The number of H-pyrrole nitrogens is 1. The highest BCUT2D eigenvalue weighted by Crippen LogP contribution is 2.48. The Morgan fingerprint density at radius 2 is 2.02 bits per heavy atom. The second-order valence-electron chi connectivity index (χ2n) is 13.6. The van der Waals surface area contributed by atoms with Gasteiger partial charge in [0.15, 0.2) is 0 Å². The molecule has 0 bridgehead atoms. The Labute approximate surface area is 246 Å². The van der Waals surface area contributed by atoms with Crippen molar-refractivity contribution < 1.29 is 24.2 Å². The van der Waals surface area contributed by atoms with E-state index in [9.17, 15) is 19.5 Å². The zero-order valence-electron chi connectivity index (χ0n) is 25.0. The molecule has 1 aromatic heterocycles. The van der Waals surface area contributed by atoms with E-state index in [2.05, 4.69) is 33.5 Å². The van der Waals surface area contributed by atoms with Crippen molar-refractivity contribution in [1.29, 1.82) is 0 Å². The van der Waals surface area contributed by atoms with Crippen molar-refractivity contribution in [2.45, 2.75) is 83.1 Å². The summed E-state index contributed by atoms with van der Waals surface area (Å²) in [5.74, 6) is -3.97. The van der Waals surface area contributed by atoms with Gasteiger partial charge in [-0.2, -0.15) is 0 Å². The molecule has 3 saturated heterocycles. The number of likely N-dealkylation sites (N-methyl/N-ethyl adjacent to an activating group) is 1. The monoisotopic (exact) mass is 575 g/mol. The fourth-order valence-electron chi connectivity index (χ4n) is 8.10. The summed E-state index contributed by atoms with van der Waals surface area (Å²) < 4.78 is 6.43. The van der Waals surface area contributed by atoms with Gasteiger partial charge in [0.2, 0.25) is 17.5 Å². The summed E-state index contributed by atoms with van der Waals surface area (Å²) in [6, 6.07) is 4.84. The minimum Gasteiger partial charge on any atom is -0.361 e. The Kier molecular flexibility index (Phi) is 6.18. The third-order valence-corrected chi connectivity index (χ3v) is 10.2. The molecule has 4 aliphatic heterocycles. The number of amides is 3. The number of carbonyl (C=O) groups excluding carboxylic acids is 3. The first kappa shape index (κ1) is 27.6. The van der Waals surface area contributed by atoms with Gasteiger partial charge in [-0.1, -0.05) is 45.9 Å². The number of hydrogen-bond acceptors (Lipinski definition) is 6. The Morgan fingerprint density at radius 1 is 1.24 bits per heavy atom. The van der Waals surface area contributed by atoms with Crippen LogP contribution in [0.2, 0.25) is 0 Å². The van der Waals surface area contributed by atoms with Gasteiger partial charge in [0.05, 0.1) is 5.92 Å². The molecule has 5 aliphatic rings. The maximum Gasteiger partial charge on any atom is 0.281 e. The standard InChI is InChI=1S/C32H41N5O5/c1-17(2)12-25-29(39)36-11-7-10-26(36)32(41)37(25)30(40)31(42-32,18(3)4)34-28(38)20-13-22-21-8-6-9-23-27(21)19(15-33-23)14-24(22)35(5)16-20/h6,8-9,13,15,17-18,20,24-26,33,41H,7,10-12,14,16H2,1-5H3,(H,34,38)/t20-,24+,25+,26+,31-,32+/m1/s1. The van der Waals surface area contributed by atoms with Crippen LogP contribution in [0.1, 0.15) is 58.1 Å². The molecule has 0 spiro atoms. The Morgan fingerprint density at radius 3 is 2.76 bits per heavy atom. The molecular weight excluding hydrogens is 534 g/mol. The van der Waals surface area contributed by atoms with Crippen molar-refractivity contribution in [3.8, 4) is 0 Å². The summed E-state index contributed by atoms with van der Waals surface area (Å²) in [5.41, 5.74) is 2.79. The number of aliphatic hydroxyl groups is 1. The number of aromatic amines is 1. The van der Waals surface area contributed by atoms with Crippen molar-refractivity contribution in [1.82, 2.24) is 25.0 Å². The number of hydrogen-bond donors (Lipinski definition) is 3. The zero-order chi connectivity index (χ0) is 29.7. The lowest BCUT2D eigenvalue weighted by Gasteiger charge is -2.49. The SMILES string of the molecule is CC(C)C[C@H]1C(=O)N2CCC[C@H]2[C@]2(O)O[C@](NC(=O)[C@@H]3C=C4c5cccc6[nH]cc(c56)C[C@@H]4N(C)C3)(C(C)C)C(=O)N12. The van der Waals surface area contributed by atoms with Crippen LogP contribution in [0.3, 0.4) is 0 Å². The van der Waals surface area contributed by atoms with Crippen molar-refractivity contribution in [2.24, 2.45) is 17.8 Å². The predicted molar refractivity (Wildman–Crippen MR) is 156 cm³/mol. The van der Waals surface area contributed by atoms with Crippen LogP contribution < -0.4 is 5.32 Å². The molecule has 10 nitrogen and oxygen atoms in total. The van der Waals surface area contributed by atoms with Gasteiger partial charge in [-0.25, -0.2) is 0 Å². The van der Waals surface area contributed by atoms with E-state index in [4.69, 9.17) is 4.74 Å². The van der Waals surface area contributed by atoms with E-state index in [0.29, 0.717) is 25.9 Å². The van der Waals surface area contributed by atoms with Crippen LogP contribution in [-0.2, 0) is 25.5 Å². The molecule has 2 aromatic rings. The zero-order valence-corrected chi connectivity index (χ0v) is 25.0. The third-order valence-electron chi connectivity index (χ3n) is 10.2. The second-order valence-corrected chi connectivity index (χ2v) is 13.6. The lowest BCUT2D eigenvalue weighted by Crippen LogP contribution is -2.71. The second kappa shape index (κ2) is 9.39. The molecule has 3 amide bonds. The van der Waals surface area contributed by atoms with Gasteiger partial charge in [0.25, 0.3) is 11.8 Å². The number of fused-ring (bicyclic) bond motifs is 5. The van der Waals surface area contributed by atoms with Gasteiger partial charge in [-0.15, -0.1) is 0 Å². The summed E-state index contributed by atoms with van der Waals surface area (Å²) in [4.78, 5) is 50.7. The first-order chi connectivity index (χ1) is 20.0. The molecule has 3 N–H and O–H groups in total. The predicted octanol–water partition coefficient (Wildman–Crippen LogP) is 2.43. The number of piperazine rings is 1. The molecule has 0 saturated carbocycles. The summed E-state index contributed by atoms with van der Waals surface area (Å²) in [6.45, 7) is 8.60. The van der Waals surface area contributed by atoms with Gasteiger partial charge < -0.3 is 20.3 Å². The van der Waals surface area contributed by atoms with Gasteiger partial charge in [0, 0.05) is 42.1 Å². The number of nitrogens with zero attached hydrogens (tertiary/aromatic N) is 3. The van der Waals surface area contributed by atoms with E-state index in [0.717, 1.165) is 29.5 Å². The Bertz CT molecular complexity index is 1510. The molecule has 3 fully saturated rings. The Hall–Kier alpha value is -3.21. The number of carbonyl (C=O) groups is 3. The average Bonchev–Trinajstić information content (AvgIpc) is 3.65. The van der Waals surface area contributed by atoms with Gasteiger partial charge in [0.1, 0.15) is 12.1 Å². The molecule has 1 aliphatic carbocycles. The lowest BCUT2D eigenvalue weighted by molar-refractivity contribution is -0.322. The summed E-state index contributed by atoms with van der Waals surface area (Å²) in [7, 11) is 2.03. The number of benzene rings is 1. The number of ether oxygens (including phenoxy) is 1. The van der Waals surface area contributed by atoms with Crippen molar-refractivity contribution in [2.75, 3.05) is 20.1 Å². The van der Waals surface area contributed by atoms with Crippen LogP contribution >= 0.6 is 0 Å². The molecular formula is C32H41N5O5. The van der Waals surface area contributed by atoms with Gasteiger partial charge in [-0.05, 0) is 61.4 Å². The molecule has 5 heterocycles. The first-order valence-electron chi connectivity index (χ1n) is 15.4. The molecule has 1 aromatic carbocycles. The van der Waals surface area contributed by atoms with Crippen molar-refractivity contribution in [3.63, 3.8) is 0 Å². The minimum atomic E-state index is -2.00. The molecule has 0 unspecified atom stereocenters. The topological polar surface area (TPSA) is 118 Å². The van der Waals surface area contributed by atoms with Crippen LogP contribution in [0.5, 0.6) is 0 Å². The van der Waals surface area contributed by atoms with E-state index in [1.165, 1.54) is 15.8 Å². The van der Waals surface area contributed by atoms with Gasteiger partial charge in [-0.3, -0.25) is 28.9 Å². The smallest absolute Gasteiger partial charge is 0.281 e. The third kappa shape index (κ3) is 3.70. The maximum absolute atomic E-state index is 14.4. The molecule has 42 heavy (non-hydrogen) atoms. The first-order valence-corrected chi connectivity index (χ1v) is 15.4. The highest BCUT2D eigenvalue weighted by molar-refractivity contribution is 6.01. The molecule has 6 atom stereocenters. The van der Waals surface area contributed by atoms with Crippen LogP contribution in [0.4, 0.5) is 0 Å². The number of nitrogens with one attached hydrogen (secondary N) is 2. The fraction of sp³-hybridized carbons (Fsp3) is 0.594. The minimum absolute atomic E-state index is 0.108. The van der Waals surface area contributed by atoms with Crippen LogP contribution in [-0.4, -0.2) is 92.4 Å². The highest BCUT2D eigenvalue weighted by Gasteiger charge is 2.72. The summed E-state index contributed by atoms with van der Waals surface area (Å²) in [5, 5.41) is 16.3. The fourth-order valence-corrected chi connectivity index (χ4v) is 8.10. The summed E-state index contributed by atoms with van der Waals surface area (Å²) in [6.07, 6.45) is 6.62. The normalized spacial score (nSPS) is 34.2. The van der Waals surface area contributed by atoms with Crippen LogP contribution in [0.25, 0.3) is 16.5 Å². The molecule has 10 heteroatoms. The summed E-state index contributed by atoms with van der Waals surface area (Å²) >= 11 is 0. The highest BCUT2D eigenvalue weighted by atomic mass is 16.7. The lowest BCUT2D eigenvalue weighted by atomic mass is 9.79. The molecule has 0 radical (unpaired) electrons. The number of aromatic nitrogens is 1. The van der Waals surface area contributed by atoms with E-state index in [-0.39, 0.29) is 23.8 Å². The quantitative estimate of drug-likeness (QED) is 0.504. The molecule has 224 valence electrons. The van der Waals surface area contributed by atoms with E-state index in [1.54, 1.807) is 4.90 Å². The van der Waals surface area contributed by atoms with E-state index in [1.807, 2.05) is 46.9 Å². The maximum atomic E-state index is 14.4. The average molecular weight is 576 g/mol. The van der Waals surface area contributed by atoms with Gasteiger partial charge >= 0.3 is 0 Å². The largest absolute Gasteiger partial charge is 0.361 e. The molecule has 7 rings (SSSR count). The van der Waals surface area contributed by atoms with Crippen LogP contribution in [0.15, 0.2) is 30.5 Å². The van der Waals surface area contributed by atoms with Crippen molar-refractivity contribution in [3.05, 3.63) is 41.6 Å².